The molecule has 4 rings (SSSR count). The van der Waals surface area contributed by atoms with Crippen molar-refractivity contribution in [1.82, 2.24) is 4.90 Å². The number of esters is 1. The maximum atomic E-state index is 13.3. The highest BCUT2D eigenvalue weighted by Gasteiger charge is 2.51. The van der Waals surface area contributed by atoms with E-state index in [0.29, 0.717) is 36.3 Å². The van der Waals surface area contributed by atoms with E-state index in [1.807, 2.05) is 30.3 Å². The molecule has 0 radical (unpaired) electrons. The molecular weight excluding hydrogens is 368 g/mol. The molecule has 0 saturated heterocycles. The molecule has 0 bridgehead atoms. The zero-order valence-corrected chi connectivity index (χ0v) is 16.4. The Hall–Kier alpha value is -2.99. The van der Waals surface area contributed by atoms with E-state index in [-0.39, 0.29) is 5.91 Å². The maximum absolute atomic E-state index is 13.3. The van der Waals surface area contributed by atoms with Gasteiger partial charge in [-0.05, 0) is 36.1 Å². The first-order chi connectivity index (χ1) is 14.0. The molecule has 1 unspecified atom stereocenters. The summed E-state index contributed by atoms with van der Waals surface area (Å²) in [7, 11) is 1.33. The predicted octanol–water partition coefficient (Wildman–Crippen LogP) is 3.26. The summed E-state index contributed by atoms with van der Waals surface area (Å²) in [6.45, 7) is 0.373. The summed E-state index contributed by atoms with van der Waals surface area (Å²) in [6, 6.07) is 16.3. The molecule has 2 aromatic carbocycles. The number of amidine groups is 1. The Bertz CT molecular complexity index is 931. The monoisotopic (exact) mass is 392 g/mol. The Morgan fingerprint density at radius 1 is 1.14 bits per heavy atom. The lowest BCUT2D eigenvalue weighted by Crippen LogP contribution is -2.41. The van der Waals surface area contributed by atoms with Crippen LogP contribution in [0.25, 0.3) is 0 Å². The number of aliphatic hydroxyl groups excluding tert-OH is 1. The first-order valence-electron chi connectivity index (χ1n) is 9.86. The van der Waals surface area contributed by atoms with E-state index in [1.54, 1.807) is 29.2 Å². The van der Waals surface area contributed by atoms with E-state index in [1.165, 1.54) is 7.11 Å². The fraction of sp³-hybridized carbons (Fsp3) is 0.348. The largest absolute Gasteiger partial charge is 0.465 e. The molecule has 6 nitrogen and oxygen atoms in total. The number of nitrogens with zero attached hydrogens (tertiary/aromatic N) is 2. The third-order valence-electron chi connectivity index (χ3n) is 5.75. The number of rotatable bonds is 5. The molecule has 1 aliphatic heterocycles. The third-order valence-corrected chi connectivity index (χ3v) is 5.75. The second-order valence-corrected chi connectivity index (χ2v) is 7.60. The van der Waals surface area contributed by atoms with Crippen LogP contribution in [-0.4, -0.2) is 40.4 Å². The topological polar surface area (TPSA) is 79.2 Å². The summed E-state index contributed by atoms with van der Waals surface area (Å²) in [6.07, 6.45) is 2.31. The Morgan fingerprint density at radius 2 is 1.79 bits per heavy atom. The van der Waals surface area contributed by atoms with Crippen molar-refractivity contribution in [1.29, 1.82) is 0 Å². The van der Waals surface area contributed by atoms with E-state index in [0.717, 1.165) is 18.4 Å². The Kier molecular flexibility index (Phi) is 5.20. The van der Waals surface area contributed by atoms with Crippen LogP contribution in [-0.2, 0) is 16.1 Å². The summed E-state index contributed by atoms with van der Waals surface area (Å²) < 4.78 is 4.72. The van der Waals surface area contributed by atoms with Gasteiger partial charge in [0.15, 0.2) is 0 Å². The zero-order chi connectivity index (χ0) is 20.4. The second kappa shape index (κ2) is 7.79. The fourth-order valence-electron chi connectivity index (χ4n) is 4.16. The minimum atomic E-state index is -1.05. The number of amides is 1. The molecule has 2 aromatic rings. The quantitative estimate of drug-likeness (QED) is 0.792. The summed E-state index contributed by atoms with van der Waals surface area (Å²) in [5.41, 5.74) is 1.23. The molecule has 1 N–H and O–H groups in total. The normalized spacial score (nSPS) is 18.8. The molecular formula is C23H24N2O4. The van der Waals surface area contributed by atoms with Gasteiger partial charge < -0.3 is 9.84 Å². The molecule has 1 fully saturated rings. The molecule has 1 amide bonds. The van der Waals surface area contributed by atoms with E-state index in [4.69, 9.17) is 9.73 Å². The lowest BCUT2D eigenvalue weighted by molar-refractivity contribution is -0.131. The smallest absolute Gasteiger partial charge is 0.337 e. The maximum Gasteiger partial charge on any atom is 0.337 e. The van der Waals surface area contributed by atoms with Crippen LogP contribution in [0.15, 0.2) is 59.6 Å². The molecule has 29 heavy (non-hydrogen) atoms. The molecule has 150 valence electrons. The van der Waals surface area contributed by atoms with Gasteiger partial charge in [0.2, 0.25) is 0 Å². The lowest BCUT2D eigenvalue weighted by Gasteiger charge is -2.24. The SMILES string of the molecule is COC(=O)c1ccc(C(O)C2=NC3(CCCC3)C(=O)N2Cc2ccccc2)cc1. The van der Waals surface area contributed by atoms with E-state index < -0.39 is 17.6 Å². The fourth-order valence-corrected chi connectivity index (χ4v) is 4.16. The summed E-state index contributed by atoms with van der Waals surface area (Å²) in [4.78, 5) is 31.4. The van der Waals surface area contributed by atoms with Crippen molar-refractivity contribution in [2.45, 2.75) is 43.9 Å². The molecule has 2 aliphatic rings. The van der Waals surface area contributed by atoms with Crippen LogP contribution in [0.3, 0.4) is 0 Å². The summed E-state index contributed by atoms with van der Waals surface area (Å²) in [5, 5.41) is 11.1. The second-order valence-electron chi connectivity index (χ2n) is 7.60. The molecule has 0 aromatic heterocycles. The first kappa shape index (κ1) is 19.3. The number of aliphatic imine (C=N–C) groups is 1. The van der Waals surface area contributed by atoms with Crippen LogP contribution in [0.4, 0.5) is 0 Å². The van der Waals surface area contributed by atoms with Crippen molar-refractivity contribution in [3.05, 3.63) is 71.3 Å². The Morgan fingerprint density at radius 3 is 2.41 bits per heavy atom. The first-order valence-corrected chi connectivity index (χ1v) is 9.86. The van der Waals surface area contributed by atoms with E-state index >= 15 is 0 Å². The standard InChI is InChI=1S/C23H24N2O4/c1-29-21(27)18-11-9-17(10-12-18)19(26)20-24-23(13-5-6-14-23)22(28)25(20)15-16-7-3-2-4-8-16/h2-4,7-12,19,26H,5-6,13-15H2,1H3. The van der Waals surface area contributed by atoms with Crippen molar-refractivity contribution in [2.24, 2.45) is 4.99 Å². The number of aliphatic hydroxyl groups is 1. The minimum Gasteiger partial charge on any atom is -0.465 e. The van der Waals surface area contributed by atoms with Crippen LogP contribution >= 0.6 is 0 Å². The van der Waals surface area contributed by atoms with Crippen LogP contribution in [0, 0.1) is 0 Å². The Balaban J connectivity index is 1.65. The molecule has 1 saturated carbocycles. The lowest BCUT2D eigenvalue weighted by atomic mass is 9.98. The highest BCUT2D eigenvalue weighted by molar-refractivity contribution is 6.10. The number of hydrogen-bond acceptors (Lipinski definition) is 5. The number of carbonyl (C=O) groups excluding carboxylic acids is 2. The summed E-state index contributed by atoms with van der Waals surface area (Å²) in [5.74, 6) is -0.0827. The average molecular weight is 392 g/mol. The number of methoxy groups -OCH3 is 1. The van der Waals surface area contributed by atoms with Gasteiger partial charge in [-0.2, -0.15) is 0 Å². The third kappa shape index (κ3) is 3.56. The van der Waals surface area contributed by atoms with Gasteiger partial charge in [-0.1, -0.05) is 55.3 Å². The number of ether oxygens (including phenoxy) is 1. The predicted molar refractivity (Wildman–Crippen MR) is 108 cm³/mol. The van der Waals surface area contributed by atoms with Crippen LogP contribution in [0.2, 0.25) is 0 Å². The average Bonchev–Trinajstić information content (AvgIpc) is 3.34. The van der Waals surface area contributed by atoms with Crippen molar-refractivity contribution in [3.63, 3.8) is 0 Å². The van der Waals surface area contributed by atoms with Crippen molar-refractivity contribution in [2.75, 3.05) is 7.11 Å². The number of hydrogen-bond donors (Lipinski definition) is 1. The van der Waals surface area contributed by atoms with Crippen LogP contribution < -0.4 is 0 Å². The minimum absolute atomic E-state index is 0.0286. The molecule has 1 atom stereocenters. The van der Waals surface area contributed by atoms with Crippen molar-refractivity contribution < 1.29 is 19.4 Å². The van der Waals surface area contributed by atoms with Crippen molar-refractivity contribution >= 4 is 17.7 Å². The highest BCUT2D eigenvalue weighted by atomic mass is 16.5. The zero-order valence-electron chi connectivity index (χ0n) is 16.4. The van der Waals surface area contributed by atoms with Crippen LogP contribution in [0.5, 0.6) is 0 Å². The van der Waals surface area contributed by atoms with Gasteiger partial charge in [0.1, 0.15) is 17.5 Å². The van der Waals surface area contributed by atoms with Crippen LogP contribution in [0.1, 0.15) is 53.3 Å². The van der Waals surface area contributed by atoms with Gasteiger partial charge in [0, 0.05) is 0 Å². The number of benzene rings is 2. The molecule has 1 spiro atoms. The molecule has 1 aliphatic carbocycles. The number of carbonyl (C=O) groups is 2. The van der Waals surface area contributed by atoms with Gasteiger partial charge in [-0.15, -0.1) is 0 Å². The van der Waals surface area contributed by atoms with Gasteiger partial charge in [-0.25, -0.2) is 4.79 Å². The molecule has 6 heteroatoms. The van der Waals surface area contributed by atoms with Gasteiger partial charge in [-0.3, -0.25) is 14.7 Å². The van der Waals surface area contributed by atoms with E-state index in [9.17, 15) is 14.7 Å². The molecule has 1 heterocycles. The van der Waals surface area contributed by atoms with E-state index in [2.05, 4.69) is 0 Å². The van der Waals surface area contributed by atoms with Gasteiger partial charge in [0.05, 0.1) is 19.2 Å². The summed E-state index contributed by atoms with van der Waals surface area (Å²) >= 11 is 0. The van der Waals surface area contributed by atoms with Gasteiger partial charge in [0.25, 0.3) is 5.91 Å². The van der Waals surface area contributed by atoms with Gasteiger partial charge >= 0.3 is 5.97 Å². The highest BCUT2D eigenvalue weighted by Crippen LogP contribution is 2.41. The Labute approximate surface area is 169 Å². The van der Waals surface area contributed by atoms with Crippen molar-refractivity contribution in [3.8, 4) is 0 Å².